The van der Waals surface area contributed by atoms with Crippen molar-refractivity contribution in [2.75, 3.05) is 19.8 Å². The van der Waals surface area contributed by atoms with Crippen LogP contribution in [0.15, 0.2) is 24.3 Å². The SMILES string of the molecule is O=C(NCCOCC(F)(F)F)c1cccc(C(F)(F)F)c1. The van der Waals surface area contributed by atoms with Crippen LogP contribution in [0.2, 0.25) is 0 Å². The molecule has 0 aliphatic heterocycles. The molecular formula is C12H11F6NO2. The molecule has 0 saturated carbocycles. The molecule has 1 N–H and O–H groups in total. The second kappa shape index (κ2) is 6.79. The van der Waals surface area contributed by atoms with Crippen molar-refractivity contribution in [3.05, 3.63) is 35.4 Å². The van der Waals surface area contributed by atoms with Gasteiger partial charge in [0.1, 0.15) is 6.61 Å². The monoisotopic (exact) mass is 315 g/mol. The van der Waals surface area contributed by atoms with Crippen molar-refractivity contribution in [2.45, 2.75) is 12.4 Å². The van der Waals surface area contributed by atoms with Crippen LogP contribution in [-0.2, 0) is 10.9 Å². The van der Waals surface area contributed by atoms with E-state index < -0.39 is 37.0 Å². The van der Waals surface area contributed by atoms with Gasteiger partial charge in [0, 0.05) is 12.1 Å². The lowest BCUT2D eigenvalue weighted by molar-refractivity contribution is -0.173. The fourth-order valence-electron chi connectivity index (χ4n) is 1.36. The molecule has 0 atom stereocenters. The Balaban J connectivity index is 2.46. The molecule has 0 aliphatic rings. The first-order valence-corrected chi connectivity index (χ1v) is 5.69. The maximum Gasteiger partial charge on any atom is 0.416 e. The first-order valence-electron chi connectivity index (χ1n) is 5.69. The average Bonchev–Trinajstić information content (AvgIpc) is 2.36. The van der Waals surface area contributed by atoms with E-state index in [2.05, 4.69) is 10.1 Å². The van der Waals surface area contributed by atoms with Crippen molar-refractivity contribution in [2.24, 2.45) is 0 Å². The maximum absolute atomic E-state index is 12.4. The third-order valence-electron chi connectivity index (χ3n) is 2.25. The van der Waals surface area contributed by atoms with Crippen molar-refractivity contribution in [3.8, 4) is 0 Å². The van der Waals surface area contributed by atoms with E-state index in [0.717, 1.165) is 12.1 Å². The smallest absolute Gasteiger partial charge is 0.370 e. The molecule has 0 unspecified atom stereocenters. The normalized spacial score (nSPS) is 12.3. The number of nitrogens with one attached hydrogen (secondary N) is 1. The molecule has 0 radical (unpaired) electrons. The van der Waals surface area contributed by atoms with Gasteiger partial charge in [-0.2, -0.15) is 26.3 Å². The van der Waals surface area contributed by atoms with Gasteiger partial charge in [-0.25, -0.2) is 0 Å². The number of carbonyl (C=O) groups excluding carboxylic acids is 1. The van der Waals surface area contributed by atoms with Gasteiger partial charge in [-0.15, -0.1) is 0 Å². The summed E-state index contributed by atoms with van der Waals surface area (Å²) in [6.07, 6.45) is -9.04. The van der Waals surface area contributed by atoms with E-state index in [1.165, 1.54) is 6.07 Å². The second-order valence-electron chi connectivity index (χ2n) is 4.00. The zero-order chi connectivity index (χ0) is 16.1. The number of hydrogen-bond donors (Lipinski definition) is 1. The van der Waals surface area contributed by atoms with Crippen molar-refractivity contribution >= 4 is 5.91 Å². The number of halogens is 6. The maximum atomic E-state index is 12.4. The summed E-state index contributed by atoms with van der Waals surface area (Å²) in [5.74, 6) is -0.822. The van der Waals surface area contributed by atoms with Crippen molar-refractivity contribution in [1.82, 2.24) is 5.32 Å². The number of ether oxygens (including phenoxy) is 1. The van der Waals surface area contributed by atoms with Crippen LogP contribution in [-0.4, -0.2) is 31.8 Å². The summed E-state index contributed by atoms with van der Waals surface area (Å²) >= 11 is 0. The number of benzene rings is 1. The molecule has 0 aromatic heterocycles. The van der Waals surface area contributed by atoms with Gasteiger partial charge in [-0.05, 0) is 18.2 Å². The fraction of sp³-hybridized carbons (Fsp3) is 0.417. The summed E-state index contributed by atoms with van der Waals surface area (Å²) in [4.78, 5) is 11.5. The highest BCUT2D eigenvalue weighted by Crippen LogP contribution is 2.29. The first-order chi connectivity index (χ1) is 9.59. The molecule has 0 spiro atoms. The molecule has 0 aliphatic carbocycles. The molecule has 3 nitrogen and oxygen atoms in total. The van der Waals surface area contributed by atoms with E-state index in [1.54, 1.807) is 0 Å². The molecule has 1 aromatic rings. The quantitative estimate of drug-likeness (QED) is 0.670. The predicted octanol–water partition coefficient (Wildman–Crippen LogP) is 3.01. The number of carbonyl (C=O) groups is 1. The Morgan fingerprint density at radius 3 is 2.38 bits per heavy atom. The minimum absolute atomic E-state index is 0.236. The molecule has 1 aromatic carbocycles. The minimum Gasteiger partial charge on any atom is -0.370 e. The van der Waals surface area contributed by atoms with Gasteiger partial charge in [0.25, 0.3) is 5.91 Å². The molecule has 0 heterocycles. The van der Waals surface area contributed by atoms with Crippen LogP contribution in [0.1, 0.15) is 15.9 Å². The predicted molar refractivity (Wildman–Crippen MR) is 60.7 cm³/mol. The second-order valence-corrected chi connectivity index (χ2v) is 4.00. The van der Waals surface area contributed by atoms with Crippen LogP contribution < -0.4 is 5.32 Å². The van der Waals surface area contributed by atoms with Gasteiger partial charge in [-0.3, -0.25) is 4.79 Å². The number of rotatable bonds is 5. The van der Waals surface area contributed by atoms with E-state index >= 15 is 0 Å². The van der Waals surface area contributed by atoms with Gasteiger partial charge in [0.15, 0.2) is 0 Å². The standard InChI is InChI=1S/C12H11F6NO2/c13-11(14,15)7-21-5-4-19-10(20)8-2-1-3-9(6-8)12(16,17)18/h1-3,6H,4-5,7H2,(H,19,20). The molecule has 0 fully saturated rings. The van der Waals surface area contributed by atoms with Gasteiger partial charge < -0.3 is 10.1 Å². The highest BCUT2D eigenvalue weighted by atomic mass is 19.4. The highest BCUT2D eigenvalue weighted by Gasteiger charge is 2.31. The molecule has 0 saturated heterocycles. The lowest BCUT2D eigenvalue weighted by Crippen LogP contribution is -2.29. The Kier molecular flexibility index (Phi) is 5.59. The molecule has 1 rings (SSSR count). The summed E-state index contributed by atoms with van der Waals surface area (Å²) in [5, 5.41) is 2.17. The lowest BCUT2D eigenvalue weighted by atomic mass is 10.1. The van der Waals surface area contributed by atoms with Crippen molar-refractivity contribution in [3.63, 3.8) is 0 Å². The van der Waals surface area contributed by atoms with Crippen LogP contribution in [0, 0.1) is 0 Å². The Hall–Kier alpha value is -1.77. The first kappa shape index (κ1) is 17.3. The highest BCUT2D eigenvalue weighted by molar-refractivity contribution is 5.94. The largest absolute Gasteiger partial charge is 0.416 e. The van der Waals surface area contributed by atoms with Gasteiger partial charge in [0.05, 0.1) is 12.2 Å². The molecule has 118 valence electrons. The van der Waals surface area contributed by atoms with Crippen LogP contribution in [0.3, 0.4) is 0 Å². The van der Waals surface area contributed by atoms with Crippen molar-refractivity contribution in [1.29, 1.82) is 0 Å². The van der Waals surface area contributed by atoms with Crippen LogP contribution in [0.25, 0.3) is 0 Å². The molecule has 0 bridgehead atoms. The lowest BCUT2D eigenvalue weighted by Gasteiger charge is -2.10. The molecular weight excluding hydrogens is 304 g/mol. The molecule has 9 heteroatoms. The van der Waals surface area contributed by atoms with Gasteiger partial charge in [0.2, 0.25) is 0 Å². The van der Waals surface area contributed by atoms with E-state index in [9.17, 15) is 31.1 Å². The Labute approximate surface area is 115 Å². The Bertz CT molecular complexity index is 483. The fourth-order valence-corrected chi connectivity index (χ4v) is 1.36. The Morgan fingerprint density at radius 2 is 1.81 bits per heavy atom. The van der Waals surface area contributed by atoms with E-state index in [-0.39, 0.29) is 12.1 Å². The molecule has 21 heavy (non-hydrogen) atoms. The van der Waals surface area contributed by atoms with Crippen molar-refractivity contribution < 1.29 is 35.9 Å². The Morgan fingerprint density at radius 1 is 1.14 bits per heavy atom. The number of amides is 1. The van der Waals surface area contributed by atoms with Gasteiger partial charge in [-0.1, -0.05) is 6.07 Å². The number of alkyl halides is 6. The molecule has 1 amide bonds. The number of hydrogen-bond acceptors (Lipinski definition) is 2. The van der Waals surface area contributed by atoms with Gasteiger partial charge >= 0.3 is 12.4 Å². The summed E-state index contributed by atoms with van der Waals surface area (Å²) in [6.45, 7) is -2.10. The summed E-state index contributed by atoms with van der Waals surface area (Å²) < 4.78 is 76.8. The average molecular weight is 315 g/mol. The topological polar surface area (TPSA) is 38.3 Å². The van der Waals surface area contributed by atoms with Crippen LogP contribution >= 0.6 is 0 Å². The summed E-state index contributed by atoms with van der Waals surface area (Å²) in [6, 6.07) is 3.70. The summed E-state index contributed by atoms with van der Waals surface area (Å²) in [7, 11) is 0. The van der Waals surface area contributed by atoms with Crippen LogP contribution in [0.5, 0.6) is 0 Å². The summed E-state index contributed by atoms with van der Waals surface area (Å²) in [5.41, 5.74) is -1.22. The van der Waals surface area contributed by atoms with E-state index in [1.807, 2.05) is 0 Å². The van der Waals surface area contributed by atoms with Crippen LogP contribution in [0.4, 0.5) is 26.3 Å². The minimum atomic E-state index is -4.58. The third kappa shape index (κ3) is 6.48. The van der Waals surface area contributed by atoms with E-state index in [4.69, 9.17) is 0 Å². The zero-order valence-corrected chi connectivity index (χ0v) is 10.5. The third-order valence-corrected chi connectivity index (χ3v) is 2.25. The zero-order valence-electron chi connectivity index (χ0n) is 10.5. The van der Waals surface area contributed by atoms with E-state index in [0.29, 0.717) is 6.07 Å².